The minimum Gasteiger partial charge on any atom is -0.493 e. The molecule has 1 atom stereocenters. The van der Waals surface area contributed by atoms with Crippen molar-refractivity contribution in [1.29, 1.82) is 0 Å². The Bertz CT molecular complexity index is 1070. The van der Waals surface area contributed by atoms with E-state index < -0.39 is 23.6 Å². The van der Waals surface area contributed by atoms with E-state index in [1.165, 1.54) is 0 Å². The molecule has 1 aliphatic rings. The van der Waals surface area contributed by atoms with E-state index in [1.54, 1.807) is 12.1 Å². The first-order chi connectivity index (χ1) is 17.0. The zero-order chi connectivity index (χ0) is 25.2. The maximum Gasteiger partial charge on any atom is 0.332 e. The molecule has 0 bridgehead atoms. The number of carboxylic acid groups (broad SMARTS) is 1. The van der Waals surface area contributed by atoms with Crippen LogP contribution in [0.5, 0.6) is 5.75 Å². The molecular formula is C29H34O6. The number of Topliss-reactive ketones (excluding diaryl/α,β-unsaturated/α-hetero) is 2. The standard InChI is InChI=1S/C29H34O6/c1-3-5-7-11-18-34-23-17-12-15-21-25(20-13-9-8-10-14-20)22(27(30)28(31)26(21)23)19-35-24(29(32)33)16-6-4-2/h8-10,12-15,17,24H,3-7,11,16,18-19H2,1-2H3,(H,32,33). The predicted octanol–water partition coefficient (Wildman–Crippen LogP) is 5.87. The number of unbranched alkanes of at least 4 members (excludes halogenated alkanes) is 4. The molecule has 35 heavy (non-hydrogen) atoms. The minimum absolute atomic E-state index is 0.177. The Morgan fingerprint density at radius 2 is 1.63 bits per heavy atom. The number of hydrogen-bond donors (Lipinski definition) is 1. The molecule has 0 fully saturated rings. The van der Waals surface area contributed by atoms with Crippen LogP contribution in [0.15, 0.2) is 54.1 Å². The summed E-state index contributed by atoms with van der Waals surface area (Å²) < 4.78 is 11.7. The summed E-state index contributed by atoms with van der Waals surface area (Å²) in [5, 5.41) is 9.55. The number of fused-ring (bicyclic) bond motifs is 1. The number of carbonyl (C=O) groups is 3. The smallest absolute Gasteiger partial charge is 0.332 e. The molecule has 6 heteroatoms. The Kier molecular flexibility index (Phi) is 9.79. The number of ether oxygens (including phenoxy) is 2. The quantitative estimate of drug-likeness (QED) is 0.270. The van der Waals surface area contributed by atoms with Crippen LogP contribution < -0.4 is 4.74 Å². The van der Waals surface area contributed by atoms with Crippen molar-refractivity contribution in [3.63, 3.8) is 0 Å². The zero-order valence-corrected chi connectivity index (χ0v) is 20.5. The Morgan fingerprint density at radius 1 is 0.886 bits per heavy atom. The van der Waals surface area contributed by atoms with E-state index in [0.717, 1.165) is 37.7 Å². The van der Waals surface area contributed by atoms with Crippen molar-refractivity contribution in [2.75, 3.05) is 13.2 Å². The third kappa shape index (κ3) is 6.45. The highest BCUT2D eigenvalue weighted by atomic mass is 16.5. The maximum atomic E-state index is 13.3. The van der Waals surface area contributed by atoms with Gasteiger partial charge in [-0.1, -0.05) is 88.4 Å². The van der Waals surface area contributed by atoms with Crippen LogP contribution in [-0.4, -0.2) is 42.0 Å². The summed E-state index contributed by atoms with van der Waals surface area (Å²) in [6, 6.07) is 14.7. The molecule has 0 saturated heterocycles. The first-order valence-corrected chi connectivity index (χ1v) is 12.5. The summed E-state index contributed by atoms with van der Waals surface area (Å²) in [5.74, 6) is -2.01. The monoisotopic (exact) mass is 478 g/mol. The molecule has 0 aromatic heterocycles. The predicted molar refractivity (Wildman–Crippen MR) is 135 cm³/mol. The molecule has 0 spiro atoms. The van der Waals surface area contributed by atoms with E-state index in [9.17, 15) is 19.5 Å². The summed E-state index contributed by atoms with van der Waals surface area (Å²) in [6.07, 6.45) is 4.97. The highest BCUT2D eigenvalue weighted by molar-refractivity contribution is 6.53. The number of carboxylic acids is 1. The van der Waals surface area contributed by atoms with Gasteiger partial charge in [-0.2, -0.15) is 0 Å². The first-order valence-electron chi connectivity index (χ1n) is 12.5. The van der Waals surface area contributed by atoms with Gasteiger partial charge >= 0.3 is 5.97 Å². The van der Waals surface area contributed by atoms with Gasteiger partial charge in [-0.25, -0.2) is 4.79 Å². The number of hydrogen-bond acceptors (Lipinski definition) is 5. The molecule has 0 heterocycles. The second-order valence-corrected chi connectivity index (χ2v) is 8.75. The van der Waals surface area contributed by atoms with Crippen LogP contribution in [0.4, 0.5) is 0 Å². The molecule has 2 aromatic rings. The van der Waals surface area contributed by atoms with E-state index in [4.69, 9.17) is 9.47 Å². The lowest BCUT2D eigenvalue weighted by atomic mass is 9.80. The molecule has 0 amide bonds. The first kappa shape index (κ1) is 26.4. The summed E-state index contributed by atoms with van der Waals surface area (Å²) >= 11 is 0. The summed E-state index contributed by atoms with van der Waals surface area (Å²) in [6.45, 7) is 4.33. The van der Waals surface area contributed by atoms with Gasteiger partial charge in [-0.3, -0.25) is 9.59 Å². The van der Waals surface area contributed by atoms with Gasteiger partial charge in [-0.05, 0) is 35.6 Å². The zero-order valence-electron chi connectivity index (χ0n) is 20.5. The van der Waals surface area contributed by atoms with E-state index in [0.29, 0.717) is 36.3 Å². The van der Waals surface area contributed by atoms with E-state index in [-0.39, 0.29) is 17.7 Å². The van der Waals surface area contributed by atoms with Crippen molar-refractivity contribution in [3.05, 3.63) is 70.8 Å². The summed E-state index contributed by atoms with van der Waals surface area (Å²) in [4.78, 5) is 38.3. The van der Waals surface area contributed by atoms with Crippen molar-refractivity contribution in [3.8, 4) is 5.75 Å². The van der Waals surface area contributed by atoms with Crippen LogP contribution in [0, 0.1) is 0 Å². The molecule has 6 nitrogen and oxygen atoms in total. The van der Waals surface area contributed by atoms with Crippen LogP contribution in [0.25, 0.3) is 5.57 Å². The largest absolute Gasteiger partial charge is 0.493 e. The number of carbonyl (C=O) groups excluding carboxylic acids is 2. The second kappa shape index (κ2) is 13.0. The van der Waals surface area contributed by atoms with Gasteiger partial charge in [0.05, 0.1) is 18.8 Å². The molecule has 0 radical (unpaired) electrons. The van der Waals surface area contributed by atoms with E-state index in [1.807, 2.05) is 43.3 Å². The molecule has 0 saturated carbocycles. The number of ketones is 2. The lowest BCUT2D eigenvalue weighted by molar-refractivity contribution is -0.150. The van der Waals surface area contributed by atoms with E-state index in [2.05, 4.69) is 6.92 Å². The van der Waals surface area contributed by atoms with E-state index >= 15 is 0 Å². The van der Waals surface area contributed by atoms with Gasteiger partial charge in [0.15, 0.2) is 6.10 Å². The fraction of sp³-hybridized carbons (Fsp3) is 0.414. The Hall–Kier alpha value is -3.25. The van der Waals surface area contributed by atoms with Gasteiger partial charge in [0.25, 0.3) is 0 Å². The second-order valence-electron chi connectivity index (χ2n) is 8.75. The van der Waals surface area contributed by atoms with Crippen molar-refractivity contribution in [2.24, 2.45) is 0 Å². The van der Waals surface area contributed by atoms with Crippen LogP contribution >= 0.6 is 0 Å². The molecule has 186 valence electrons. The van der Waals surface area contributed by atoms with Crippen molar-refractivity contribution in [2.45, 2.75) is 64.9 Å². The average molecular weight is 479 g/mol. The highest BCUT2D eigenvalue weighted by Crippen LogP contribution is 2.39. The third-order valence-electron chi connectivity index (χ3n) is 6.15. The van der Waals surface area contributed by atoms with Crippen LogP contribution in [0.1, 0.15) is 80.3 Å². The molecule has 1 N–H and O–H groups in total. The molecule has 1 aliphatic carbocycles. The Morgan fingerprint density at radius 3 is 2.31 bits per heavy atom. The molecule has 1 unspecified atom stereocenters. The van der Waals surface area contributed by atoms with Gasteiger partial charge in [0.2, 0.25) is 11.6 Å². The highest BCUT2D eigenvalue weighted by Gasteiger charge is 2.36. The topological polar surface area (TPSA) is 89.9 Å². The fourth-order valence-corrected chi connectivity index (χ4v) is 4.26. The van der Waals surface area contributed by atoms with Crippen molar-refractivity contribution < 1.29 is 29.0 Å². The number of aliphatic carboxylic acids is 1. The molecular weight excluding hydrogens is 444 g/mol. The van der Waals surface area contributed by atoms with Gasteiger partial charge in [0.1, 0.15) is 5.75 Å². The summed E-state index contributed by atoms with van der Waals surface area (Å²) in [7, 11) is 0. The average Bonchev–Trinajstić information content (AvgIpc) is 2.86. The maximum absolute atomic E-state index is 13.3. The Labute approximate surface area is 207 Å². The number of rotatable bonds is 14. The Balaban J connectivity index is 2.01. The SMILES string of the molecule is CCCCCCOc1cccc2c1C(=O)C(=O)C(COC(CCCC)C(=O)O)=C2c1ccccc1. The van der Waals surface area contributed by atoms with Crippen LogP contribution in [-0.2, 0) is 14.3 Å². The van der Waals surface area contributed by atoms with Crippen molar-refractivity contribution in [1.82, 2.24) is 0 Å². The van der Waals surface area contributed by atoms with Gasteiger partial charge in [0, 0.05) is 5.57 Å². The van der Waals surface area contributed by atoms with Gasteiger partial charge in [-0.15, -0.1) is 0 Å². The molecule has 2 aromatic carbocycles. The third-order valence-corrected chi connectivity index (χ3v) is 6.15. The van der Waals surface area contributed by atoms with Crippen molar-refractivity contribution >= 4 is 23.1 Å². The lowest BCUT2D eigenvalue weighted by Crippen LogP contribution is -2.31. The molecule has 0 aliphatic heterocycles. The normalized spacial score (nSPS) is 14.1. The van der Waals surface area contributed by atoms with Crippen LogP contribution in [0.2, 0.25) is 0 Å². The fourth-order valence-electron chi connectivity index (χ4n) is 4.26. The summed E-state index contributed by atoms with van der Waals surface area (Å²) in [5.41, 5.74) is 2.38. The lowest BCUT2D eigenvalue weighted by Gasteiger charge is -2.25. The molecule has 3 rings (SSSR count). The van der Waals surface area contributed by atoms with Crippen LogP contribution in [0.3, 0.4) is 0 Å². The minimum atomic E-state index is -1.07. The van der Waals surface area contributed by atoms with Gasteiger partial charge < -0.3 is 14.6 Å². The number of benzene rings is 2.